The summed E-state index contributed by atoms with van der Waals surface area (Å²) in [5.74, 6) is -0.254. The van der Waals surface area contributed by atoms with E-state index in [4.69, 9.17) is 4.74 Å². The Kier molecular flexibility index (Phi) is 4.08. The minimum Gasteiger partial charge on any atom is -0.462 e. The maximum Gasteiger partial charge on any atom is 0.302 e. The van der Waals surface area contributed by atoms with Crippen molar-refractivity contribution in [2.24, 2.45) is 0 Å². The standard InChI is InChI=1S/C16H22N2O3/c1-11(20)21-13-7-8-16-14(9-13)15(10-19)17-18(16)12-5-3-2-4-6-12/h10,12-13H,2-9H2,1H3. The third-order valence-electron chi connectivity index (χ3n) is 4.65. The largest absolute Gasteiger partial charge is 0.462 e. The van der Waals surface area contributed by atoms with E-state index in [1.54, 1.807) is 0 Å². The van der Waals surface area contributed by atoms with Gasteiger partial charge in [-0.2, -0.15) is 5.10 Å². The summed E-state index contributed by atoms with van der Waals surface area (Å²) in [6.45, 7) is 1.43. The molecule has 1 saturated carbocycles. The highest BCUT2D eigenvalue weighted by atomic mass is 16.5. The fourth-order valence-corrected chi connectivity index (χ4v) is 3.70. The van der Waals surface area contributed by atoms with Crippen LogP contribution in [-0.4, -0.2) is 28.1 Å². The first-order chi connectivity index (χ1) is 10.2. The fraction of sp³-hybridized carbons (Fsp3) is 0.688. The number of aldehydes is 1. The number of carbonyl (C=O) groups is 2. The van der Waals surface area contributed by atoms with Crippen LogP contribution in [0.5, 0.6) is 0 Å². The Labute approximate surface area is 124 Å². The van der Waals surface area contributed by atoms with Crippen molar-refractivity contribution in [2.75, 3.05) is 0 Å². The second-order valence-electron chi connectivity index (χ2n) is 6.14. The van der Waals surface area contributed by atoms with Gasteiger partial charge in [0.25, 0.3) is 0 Å². The molecule has 2 aliphatic carbocycles. The molecule has 2 aliphatic rings. The Hall–Kier alpha value is -1.65. The molecule has 1 unspecified atom stereocenters. The number of hydrogen-bond donors (Lipinski definition) is 0. The summed E-state index contributed by atoms with van der Waals surface area (Å²) < 4.78 is 7.41. The number of esters is 1. The molecular weight excluding hydrogens is 268 g/mol. The molecule has 0 bridgehead atoms. The molecule has 0 saturated heterocycles. The summed E-state index contributed by atoms with van der Waals surface area (Å²) in [5, 5.41) is 4.56. The first-order valence-corrected chi connectivity index (χ1v) is 7.91. The minimum atomic E-state index is -0.254. The zero-order chi connectivity index (χ0) is 14.8. The highest BCUT2D eigenvalue weighted by Gasteiger charge is 2.30. The maximum absolute atomic E-state index is 11.3. The molecule has 0 amide bonds. The van der Waals surface area contributed by atoms with E-state index in [2.05, 4.69) is 9.78 Å². The zero-order valence-corrected chi connectivity index (χ0v) is 12.5. The van der Waals surface area contributed by atoms with Crippen molar-refractivity contribution in [2.45, 2.75) is 70.4 Å². The smallest absolute Gasteiger partial charge is 0.302 e. The number of rotatable bonds is 3. The van der Waals surface area contributed by atoms with Crippen LogP contribution in [0.15, 0.2) is 0 Å². The van der Waals surface area contributed by atoms with E-state index in [1.807, 2.05) is 0 Å². The van der Waals surface area contributed by atoms with Crippen LogP contribution >= 0.6 is 0 Å². The average molecular weight is 290 g/mol. The van der Waals surface area contributed by atoms with Crippen LogP contribution in [0.1, 0.15) is 73.2 Å². The van der Waals surface area contributed by atoms with Gasteiger partial charge < -0.3 is 4.74 Å². The van der Waals surface area contributed by atoms with Crippen LogP contribution in [0.25, 0.3) is 0 Å². The van der Waals surface area contributed by atoms with Crippen LogP contribution in [0.3, 0.4) is 0 Å². The first kappa shape index (κ1) is 14.3. The lowest BCUT2D eigenvalue weighted by molar-refractivity contribution is -0.146. The van der Waals surface area contributed by atoms with Crippen molar-refractivity contribution < 1.29 is 14.3 Å². The van der Waals surface area contributed by atoms with Crippen LogP contribution < -0.4 is 0 Å². The van der Waals surface area contributed by atoms with Crippen molar-refractivity contribution in [1.29, 1.82) is 0 Å². The lowest BCUT2D eigenvalue weighted by Crippen LogP contribution is -2.26. The molecule has 1 heterocycles. The van der Waals surface area contributed by atoms with E-state index in [0.717, 1.165) is 37.5 Å². The van der Waals surface area contributed by atoms with E-state index < -0.39 is 0 Å². The Morgan fingerprint density at radius 1 is 1.29 bits per heavy atom. The lowest BCUT2D eigenvalue weighted by Gasteiger charge is -2.27. The van der Waals surface area contributed by atoms with E-state index in [9.17, 15) is 9.59 Å². The molecular formula is C16H22N2O3. The Morgan fingerprint density at radius 2 is 2.05 bits per heavy atom. The predicted octanol–water partition coefficient (Wildman–Crippen LogP) is 2.62. The first-order valence-electron chi connectivity index (χ1n) is 7.91. The molecule has 1 atom stereocenters. The molecule has 1 aromatic rings. The van der Waals surface area contributed by atoms with Gasteiger partial charge in [0, 0.05) is 24.6 Å². The second kappa shape index (κ2) is 6.00. The fourth-order valence-electron chi connectivity index (χ4n) is 3.70. The topological polar surface area (TPSA) is 61.2 Å². The average Bonchev–Trinajstić information content (AvgIpc) is 2.85. The summed E-state index contributed by atoms with van der Waals surface area (Å²) in [6, 6.07) is 0.437. The van der Waals surface area contributed by atoms with Crippen molar-refractivity contribution in [3.05, 3.63) is 17.0 Å². The van der Waals surface area contributed by atoms with Crippen molar-refractivity contribution >= 4 is 12.3 Å². The predicted molar refractivity (Wildman–Crippen MR) is 77.3 cm³/mol. The molecule has 1 aromatic heterocycles. The van der Waals surface area contributed by atoms with Gasteiger partial charge in [-0.25, -0.2) is 0 Å². The molecule has 0 aromatic carbocycles. The minimum absolute atomic E-state index is 0.113. The van der Waals surface area contributed by atoms with Crippen molar-refractivity contribution in [3.8, 4) is 0 Å². The molecule has 1 fully saturated rings. The van der Waals surface area contributed by atoms with Gasteiger partial charge in [0.05, 0.1) is 6.04 Å². The third-order valence-corrected chi connectivity index (χ3v) is 4.65. The Bertz CT molecular complexity index is 544. The Balaban J connectivity index is 1.87. The molecule has 0 aliphatic heterocycles. The molecule has 5 heteroatoms. The van der Waals surface area contributed by atoms with Gasteiger partial charge in [0.2, 0.25) is 0 Å². The second-order valence-corrected chi connectivity index (χ2v) is 6.14. The normalized spacial score (nSPS) is 22.6. The van der Waals surface area contributed by atoms with Gasteiger partial charge in [-0.15, -0.1) is 0 Å². The van der Waals surface area contributed by atoms with Crippen molar-refractivity contribution in [3.63, 3.8) is 0 Å². The molecule has 0 spiro atoms. The number of ether oxygens (including phenoxy) is 1. The third kappa shape index (κ3) is 2.87. The summed E-state index contributed by atoms with van der Waals surface area (Å²) in [7, 11) is 0. The van der Waals surface area contributed by atoms with Crippen LogP contribution in [0.4, 0.5) is 0 Å². The van der Waals surface area contributed by atoms with E-state index in [0.29, 0.717) is 18.2 Å². The molecule has 0 N–H and O–H groups in total. The SMILES string of the molecule is CC(=O)OC1CCc2c(c(C=O)nn2C2CCCCC2)C1. The van der Waals surface area contributed by atoms with E-state index >= 15 is 0 Å². The van der Waals surface area contributed by atoms with Crippen molar-refractivity contribution in [1.82, 2.24) is 9.78 Å². The number of nitrogens with zero attached hydrogens (tertiary/aromatic N) is 2. The number of fused-ring (bicyclic) bond motifs is 1. The highest BCUT2D eigenvalue weighted by Crippen LogP contribution is 2.33. The molecule has 114 valence electrons. The van der Waals surface area contributed by atoms with E-state index in [-0.39, 0.29) is 12.1 Å². The molecule has 5 nitrogen and oxygen atoms in total. The van der Waals surface area contributed by atoms with Gasteiger partial charge in [-0.05, 0) is 25.7 Å². The summed E-state index contributed by atoms with van der Waals surface area (Å²) in [4.78, 5) is 22.4. The monoisotopic (exact) mass is 290 g/mol. The van der Waals surface area contributed by atoms with Crippen LogP contribution in [0, 0.1) is 0 Å². The molecule has 0 radical (unpaired) electrons. The number of aromatic nitrogens is 2. The molecule has 3 rings (SSSR count). The van der Waals surface area contributed by atoms with Crippen LogP contribution in [-0.2, 0) is 22.4 Å². The quantitative estimate of drug-likeness (QED) is 0.634. The van der Waals surface area contributed by atoms with Gasteiger partial charge in [-0.3, -0.25) is 14.3 Å². The van der Waals surface area contributed by atoms with Crippen LogP contribution in [0.2, 0.25) is 0 Å². The van der Waals surface area contributed by atoms with Gasteiger partial charge in [0.15, 0.2) is 6.29 Å². The van der Waals surface area contributed by atoms with Gasteiger partial charge in [0.1, 0.15) is 11.8 Å². The Morgan fingerprint density at radius 3 is 2.71 bits per heavy atom. The summed E-state index contributed by atoms with van der Waals surface area (Å²) >= 11 is 0. The summed E-state index contributed by atoms with van der Waals surface area (Å²) in [5.41, 5.74) is 2.72. The zero-order valence-electron chi connectivity index (χ0n) is 12.5. The van der Waals surface area contributed by atoms with Gasteiger partial charge >= 0.3 is 5.97 Å². The highest BCUT2D eigenvalue weighted by molar-refractivity contribution is 5.75. The lowest BCUT2D eigenvalue weighted by atomic mass is 9.91. The van der Waals surface area contributed by atoms with E-state index in [1.165, 1.54) is 31.9 Å². The number of hydrogen-bond acceptors (Lipinski definition) is 4. The summed E-state index contributed by atoms with van der Waals surface area (Å²) in [6.07, 6.45) is 9.10. The number of carbonyl (C=O) groups excluding carboxylic acids is 2. The van der Waals surface area contributed by atoms with Gasteiger partial charge in [-0.1, -0.05) is 19.3 Å². The maximum atomic E-state index is 11.3. The molecule has 21 heavy (non-hydrogen) atoms.